The van der Waals surface area contributed by atoms with Gasteiger partial charge in [-0.05, 0) is 66.0 Å². The fraction of sp³-hybridized carbons (Fsp3) is 0.103. The van der Waals surface area contributed by atoms with Crippen LogP contribution in [0.3, 0.4) is 0 Å². The Morgan fingerprint density at radius 3 is 1.67 bits per heavy atom. The van der Waals surface area contributed by atoms with Crippen molar-refractivity contribution < 1.29 is 28.4 Å². The molecule has 0 amide bonds. The van der Waals surface area contributed by atoms with E-state index >= 15 is 0 Å². The predicted molar refractivity (Wildman–Crippen MR) is 137 cm³/mol. The average Bonchev–Trinajstić information content (AvgIpc) is 3.25. The lowest BCUT2D eigenvalue weighted by Crippen LogP contribution is -3.00. The summed E-state index contributed by atoms with van der Waals surface area (Å²) in [5.74, 6) is -0.183. The number of hydrogen-bond donors (Lipinski definition) is 0. The molecule has 1 aromatic heterocycles. The number of nitrogens with zero attached hydrogens (tertiary/aromatic N) is 1. The minimum Gasteiger partial charge on any atom is -1.00 e. The SMILES string of the molecule is Fc1ccc2ccn(CCC[P+](c3ccccc3)(c3ccccc3)c3ccccc3)c2c1.[I-]. The molecular weight excluding hydrogens is 539 g/mol. The molecule has 4 aromatic carbocycles. The zero-order chi connectivity index (χ0) is 21.8. The van der Waals surface area contributed by atoms with Crippen molar-refractivity contribution in [3.8, 4) is 0 Å². The summed E-state index contributed by atoms with van der Waals surface area (Å²) in [5.41, 5.74) is 0.966. The van der Waals surface area contributed by atoms with E-state index in [1.807, 2.05) is 6.07 Å². The van der Waals surface area contributed by atoms with E-state index in [0.29, 0.717) is 0 Å². The van der Waals surface area contributed by atoms with E-state index in [9.17, 15) is 4.39 Å². The van der Waals surface area contributed by atoms with Gasteiger partial charge in [-0.3, -0.25) is 0 Å². The van der Waals surface area contributed by atoms with Gasteiger partial charge in [0.1, 0.15) is 29.0 Å². The van der Waals surface area contributed by atoms with Gasteiger partial charge in [-0.25, -0.2) is 4.39 Å². The quantitative estimate of drug-likeness (QED) is 0.211. The van der Waals surface area contributed by atoms with Crippen molar-refractivity contribution in [1.29, 1.82) is 0 Å². The van der Waals surface area contributed by atoms with E-state index < -0.39 is 7.26 Å². The number of benzene rings is 4. The van der Waals surface area contributed by atoms with Gasteiger partial charge in [0.15, 0.2) is 0 Å². The Hall–Kier alpha value is -2.49. The van der Waals surface area contributed by atoms with Crippen LogP contribution in [0.4, 0.5) is 4.39 Å². The summed E-state index contributed by atoms with van der Waals surface area (Å²) in [6.07, 6.45) is 4.14. The Morgan fingerprint density at radius 1 is 0.636 bits per heavy atom. The first kappa shape index (κ1) is 23.7. The van der Waals surface area contributed by atoms with Crippen molar-refractivity contribution in [2.45, 2.75) is 13.0 Å². The third-order valence-corrected chi connectivity index (χ3v) is 10.7. The van der Waals surface area contributed by atoms with E-state index in [0.717, 1.165) is 30.0 Å². The van der Waals surface area contributed by atoms with Gasteiger partial charge in [-0.1, -0.05) is 54.6 Å². The van der Waals surface area contributed by atoms with Crippen LogP contribution in [0.15, 0.2) is 121 Å². The van der Waals surface area contributed by atoms with Crippen molar-refractivity contribution in [3.05, 3.63) is 127 Å². The van der Waals surface area contributed by atoms with Crippen LogP contribution >= 0.6 is 7.26 Å². The average molecular weight is 565 g/mol. The minimum absolute atomic E-state index is 0. The zero-order valence-corrected chi connectivity index (χ0v) is 21.4. The van der Waals surface area contributed by atoms with Crippen molar-refractivity contribution in [3.63, 3.8) is 0 Å². The molecular formula is C29H26FINP. The fourth-order valence-corrected chi connectivity index (χ4v) is 9.04. The first-order chi connectivity index (χ1) is 15.8. The Bertz CT molecular complexity index is 1210. The maximum atomic E-state index is 13.9. The fourth-order valence-electron chi connectivity index (χ4n) is 4.71. The molecule has 0 unspecified atom stereocenters. The molecule has 0 saturated carbocycles. The first-order valence-corrected chi connectivity index (χ1v) is 13.0. The molecule has 1 heterocycles. The van der Waals surface area contributed by atoms with Crippen molar-refractivity contribution >= 4 is 34.1 Å². The van der Waals surface area contributed by atoms with Crippen LogP contribution in [0, 0.1) is 5.82 Å². The molecule has 4 heteroatoms. The third-order valence-electron chi connectivity index (χ3n) is 6.22. The highest BCUT2D eigenvalue weighted by Crippen LogP contribution is 2.55. The minimum atomic E-state index is -1.83. The maximum Gasteiger partial charge on any atom is 0.125 e. The number of aryl methyl sites for hydroxylation is 1. The molecule has 0 spiro atoms. The molecule has 33 heavy (non-hydrogen) atoms. The van der Waals surface area contributed by atoms with Crippen LogP contribution in [0.5, 0.6) is 0 Å². The van der Waals surface area contributed by atoms with E-state index in [1.54, 1.807) is 6.07 Å². The van der Waals surface area contributed by atoms with Gasteiger partial charge in [-0.2, -0.15) is 0 Å². The number of fused-ring (bicyclic) bond motifs is 1. The van der Waals surface area contributed by atoms with Crippen LogP contribution in [-0.4, -0.2) is 10.7 Å². The van der Waals surface area contributed by atoms with E-state index in [4.69, 9.17) is 0 Å². The van der Waals surface area contributed by atoms with Gasteiger partial charge in [0.2, 0.25) is 0 Å². The number of halogens is 2. The van der Waals surface area contributed by atoms with E-state index in [-0.39, 0.29) is 29.8 Å². The van der Waals surface area contributed by atoms with Crippen LogP contribution in [0.2, 0.25) is 0 Å². The van der Waals surface area contributed by atoms with Crippen LogP contribution in [0.1, 0.15) is 6.42 Å². The second-order valence-corrected chi connectivity index (χ2v) is 11.7. The molecule has 5 rings (SSSR count). The summed E-state index contributed by atoms with van der Waals surface area (Å²) in [7, 11) is -1.83. The Morgan fingerprint density at radius 2 is 1.15 bits per heavy atom. The van der Waals surface area contributed by atoms with Crippen LogP contribution in [0.25, 0.3) is 10.9 Å². The second kappa shape index (κ2) is 10.6. The van der Waals surface area contributed by atoms with Gasteiger partial charge in [-0.15, -0.1) is 0 Å². The summed E-state index contributed by atoms with van der Waals surface area (Å²) >= 11 is 0. The molecule has 1 nitrogen and oxygen atoms in total. The predicted octanol–water partition coefficient (Wildman–Crippen LogP) is 3.17. The number of aromatic nitrogens is 1. The highest BCUT2D eigenvalue weighted by atomic mass is 127. The van der Waals surface area contributed by atoms with Crippen LogP contribution < -0.4 is 39.9 Å². The summed E-state index contributed by atoms with van der Waals surface area (Å²) in [6, 6.07) is 40.0. The van der Waals surface area contributed by atoms with Crippen LogP contribution in [-0.2, 0) is 6.54 Å². The molecule has 166 valence electrons. The number of hydrogen-bond acceptors (Lipinski definition) is 0. The summed E-state index contributed by atoms with van der Waals surface area (Å²) in [6.45, 7) is 0.862. The molecule has 0 aliphatic rings. The Labute approximate surface area is 212 Å². The van der Waals surface area contributed by atoms with Gasteiger partial charge in [0.25, 0.3) is 0 Å². The lowest BCUT2D eigenvalue weighted by molar-refractivity contribution is -0.00000680. The standard InChI is InChI=1S/C29H26FNP.HI/c30-25-18-17-24-19-21-31(29(24)23-25)20-10-22-32(26-11-4-1-5-12-26,27-13-6-2-7-14-27)28-15-8-3-9-16-28;/h1-9,11-19,21,23H,10,20,22H2;1H/q+1;/p-1. The lowest BCUT2D eigenvalue weighted by Gasteiger charge is -2.28. The third kappa shape index (κ3) is 4.76. The highest BCUT2D eigenvalue weighted by molar-refractivity contribution is 7.95. The largest absolute Gasteiger partial charge is 1.00 e. The Kier molecular flexibility index (Phi) is 7.62. The molecule has 0 saturated heterocycles. The molecule has 5 aromatic rings. The Balaban J connectivity index is 0.00000259. The molecule has 0 aliphatic heterocycles. The molecule has 0 aliphatic carbocycles. The second-order valence-electron chi connectivity index (χ2n) is 8.11. The van der Waals surface area contributed by atoms with Gasteiger partial charge < -0.3 is 28.5 Å². The summed E-state index contributed by atoms with van der Waals surface area (Å²) < 4.78 is 16.1. The lowest BCUT2D eigenvalue weighted by atomic mass is 10.2. The van der Waals surface area contributed by atoms with Gasteiger partial charge >= 0.3 is 0 Å². The van der Waals surface area contributed by atoms with Crippen molar-refractivity contribution in [1.82, 2.24) is 4.57 Å². The number of rotatable bonds is 7. The van der Waals surface area contributed by atoms with E-state index in [2.05, 4.69) is 108 Å². The first-order valence-electron chi connectivity index (χ1n) is 11.1. The molecule has 0 atom stereocenters. The summed E-state index contributed by atoms with van der Waals surface area (Å²) in [5, 5.41) is 5.30. The molecule has 0 fully saturated rings. The molecule has 0 N–H and O–H groups in total. The summed E-state index contributed by atoms with van der Waals surface area (Å²) in [4.78, 5) is 0. The van der Waals surface area contributed by atoms with Gasteiger partial charge in [0.05, 0.1) is 11.7 Å². The normalized spacial score (nSPS) is 11.3. The highest BCUT2D eigenvalue weighted by Gasteiger charge is 2.44. The zero-order valence-electron chi connectivity index (χ0n) is 18.3. The van der Waals surface area contributed by atoms with Crippen molar-refractivity contribution in [2.75, 3.05) is 6.16 Å². The van der Waals surface area contributed by atoms with E-state index in [1.165, 1.54) is 22.0 Å². The van der Waals surface area contributed by atoms with Crippen molar-refractivity contribution in [2.24, 2.45) is 0 Å². The van der Waals surface area contributed by atoms with Gasteiger partial charge in [0, 0.05) is 19.2 Å². The molecule has 0 radical (unpaired) electrons. The molecule has 0 bridgehead atoms. The topological polar surface area (TPSA) is 4.93 Å². The smallest absolute Gasteiger partial charge is 0.125 e. The monoisotopic (exact) mass is 565 g/mol. The maximum absolute atomic E-state index is 13.9.